The van der Waals surface area contributed by atoms with Crippen LogP contribution in [0.2, 0.25) is 0 Å². The molecular formula is C20H16Br2N2O2. The number of hydrogen-bond donors (Lipinski definition) is 0. The SMILES string of the molecule is COc1ccc(/C=C/C(=O)c2cccc(Br)c2)cc1Cn1cc(Br)cn1. The van der Waals surface area contributed by atoms with Crippen LogP contribution in [0.5, 0.6) is 5.75 Å². The fourth-order valence-corrected chi connectivity index (χ4v) is 3.26. The van der Waals surface area contributed by atoms with Gasteiger partial charge in [-0.3, -0.25) is 9.48 Å². The van der Waals surface area contributed by atoms with Gasteiger partial charge in [0.25, 0.3) is 0 Å². The number of carbonyl (C=O) groups excluding carboxylic acids is 1. The molecule has 3 rings (SSSR count). The summed E-state index contributed by atoms with van der Waals surface area (Å²) in [6, 6.07) is 13.2. The molecule has 1 aromatic heterocycles. The first-order valence-corrected chi connectivity index (χ1v) is 9.46. The van der Waals surface area contributed by atoms with Crippen molar-refractivity contribution in [3.63, 3.8) is 0 Å². The predicted octanol–water partition coefficient (Wildman–Crippen LogP) is 5.36. The van der Waals surface area contributed by atoms with Gasteiger partial charge in [-0.2, -0.15) is 5.10 Å². The molecule has 132 valence electrons. The first-order chi connectivity index (χ1) is 12.5. The van der Waals surface area contributed by atoms with Crippen LogP contribution in [-0.4, -0.2) is 22.7 Å². The quantitative estimate of drug-likeness (QED) is 0.356. The zero-order chi connectivity index (χ0) is 18.5. The Balaban J connectivity index is 1.81. The molecule has 0 radical (unpaired) electrons. The molecule has 3 aromatic rings. The van der Waals surface area contributed by atoms with E-state index in [0.717, 1.165) is 25.8 Å². The van der Waals surface area contributed by atoms with E-state index < -0.39 is 0 Å². The lowest BCUT2D eigenvalue weighted by Crippen LogP contribution is -2.02. The van der Waals surface area contributed by atoms with Crippen LogP contribution >= 0.6 is 31.9 Å². The molecule has 0 bridgehead atoms. The second kappa shape index (κ2) is 8.47. The van der Waals surface area contributed by atoms with Crippen LogP contribution in [0.15, 0.2) is 69.9 Å². The highest BCUT2D eigenvalue weighted by Gasteiger charge is 2.07. The molecule has 0 atom stereocenters. The summed E-state index contributed by atoms with van der Waals surface area (Å²) in [5.74, 6) is 0.742. The average molecular weight is 476 g/mol. The maximum atomic E-state index is 12.3. The van der Waals surface area contributed by atoms with E-state index in [0.29, 0.717) is 12.1 Å². The molecule has 0 N–H and O–H groups in total. The molecule has 0 spiro atoms. The molecule has 0 saturated carbocycles. The summed E-state index contributed by atoms with van der Waals surface area (Å²) in [6.07, 6.45) is 7.04. The number of aromatic nitrogens is 2. The minimum Gasteiger partial charge on any atom is -0.496 e. The fraction of sp³-hybridized carbons (Fsp3) is 0.100. The second-order valence-electron chi connectivity index (χ2n) is 5.64. The van der Waals surface area contributed by atoms with Gasteiger partial charge in [0.05, 0.1) is 24.3 Å². The van der Waals surface area contributed by atoms with E-state index in [1.54, 1.807) is 25.4 Å². The van der Waals surface area contributed by atoms with Gasteiger partial charge in [0.15, 0.2) is 5.78 Å². The lowest BCUT2D eigenvalue weighted by molar-refractivity contribution is 0.104. The Hall–Kier alpha value is -2.18. The number of carbonyl (C=O) groups is 1. The van der Waals surface area contributed by atoms with Crippen molar-refractivity contribution >= 4 is 43.7 Å². The number of ether oxygens (including phenoxy) is 1. The first kappa shape index (κ1) is 18.6. The average Bonchev–Trinajstić information content (AvgIpc) is 3.04. The molecule has 2 aromatic carbocycles. The molecule has 0 unspecified atom stereocenters. The summed E-state index contributed by atoms with van der Waals surface area (Å²) in [5.41, 5.74) is 2.56. The number of hydrogen-bond acceptors (Lipinski definition) is 3. The highest BCUT2D eigenvalue weighted by atomic mass is 79.9. The van der Waals surface area contributed by atoms with E-state index in [2.05, 4.69) is 37.0 Å². The monoisotopic (exact) mass is 474 g/mol. The van der Waals surface area contributed by atoms with E-state index in [-0.39, 0.29) is 5.78 Å². The molecule has 0 aliphatic heterocycles. The summed E-state index contributed by atoms with van der Waals surface area (Å²) in [6.45, 7) is 0.579. The third-order valence-electron chi connectivity index (χ3n) is 3.77. The number of rotatable bonds is 6. The number of benzene rings is 2. The zero-order valence-corrected chi connectivity index (χ0v) is 17.2. The number of halogens is 2. The first-order valence-electron chi connectivity index (χ1n) is 7.88. The van der Waals surface area contributed by atoms with Gasteiger partial charge < -0.3 is 4.74 Å². The molecule has 0 saturated heterocycles. The summed E-state index contributed by atoms with van der Waals surface area (Å²) in [4.78, 5) is 12.3. The Kier molecular flexibility index (Phi) is 6.06. The van der Waals surface area contributed by atoms with E-state index >= 15 is 0 Å². The van der Waals surface area contributed by atoms with Crippen LogP contribution in [0.4, 0.5) is 0 Å². The van der Waals surface area contributed by atoms with Crippen molar-refractivity contribution in [1.29, 1.82) is 0 Å². The Morgan fingerprint density at radius 3 is 2.73 bits per heavy atom. The molecule has 0 amide bonds. The van der Waals surface area contributed by atoms with Crippen molar-refractivity contribution in [2.75, 3.05) is 7.11 Å². The summed E-state index contributed by atoms with van der Waals surface area (Å²) in [7, 11) is 1.64. The Morgan fingerprint density at radius 1 is 1.19 bits per heavy atom. The summed E-state index contributed by atoms with van der Waals surface area (Å²) in [5, 5.41) is 4.28. The standard InChI is InChI=1S/C20H16Br2N2O2/c1-26-20-8-6-14(9-16(20)12-24-13-18(22)11-23-24)5-7-19(25)15-3-2-4-17(21)10-15/h2-11,13H,12H2,1H3/b7-5+. The maximum absolute atomic E-state index is 12.3. The van der Waals surface area contributed by atoms with Crippen molar-refractivity contribution in [1.82, 2.24) is 9.78 Å². The largest absolute Gasteiger partial charge is 0.496 e. The Morgan fingerprint density at radius 2 is 2.04 bits per heavy atom. The highest BCUT2D eigenvalue weighted by Crippen LogP contribution is 2.22. The number of ketones is 1. The van der Waals surface area contributed by atoms with E-state index in [9.17, 15) is 4.79 Å². The van der Waals surface area contributed by atoms with Crippen LogP contribution in [-0.2, 0) is 6.54 Å². The van der Waals surface area contributed by atoms with E-state index in [1.807, 2.05) is 53.4 Å². The number of methoxy groups -OCH3 is 1. The smallest absolute Gasteiger partial charge is 0.185 e. The van der Waals surface area contributed by atoms with Crippen molar-refractivity contribution in [3.8, 4) is 5.75 Å². The van der Waals surface area contributed by atoms with E-state index in [4.69, 9.17) is 4.74 Å². The third-order valence-corrected chi connectivity index (χ3v) is 4.68. The number of allylic oxidation sites excluding steroid dienone is 1. The van der Waals surface area contributed by atoms with Crippen molar-refractivity contribution < 1.29 is 9.53 Å². The molecule has 0 fully saturated rings. The van der Waals surface area contributed by atoms with Crippen LogP contribution in [0.3, 0.4) is 0 Å². The molecule has 1 heterocycles. The molecule has 6 heteroatoms. The Labute approximate surface area is 168 Å². The van der Waals surface area contributed by atoms with Crippen LogP contribution in [0, 0.1) is 0 Å². The van der Waals surface area contributed by atoms with Gasteiger partial charge in [0.1, 0.15) is 5.75 Å². The second-order valence-corrected chi connectivity index (χ2v) is 7.47. The van der Waals surface area contributed by atoms with Crippen LogP contribution in [0.1, 0.15) is 21.5 Å². The summed E-state index contributed by atoms with van der Waals surface area (Å²) < 4.78 is 9.07. The molecule has 4 nitrogen and oxygen atoms in total. The normalized spacial score (nSPS) is 11.0. The van der Waals surface area contributed by atoms with Crippen molar-refractivity contribution in [3.05, 3.63) is 86.6 Å². The zero-order valence-electron chi connectivity index (χ0n) is 14.0. The maximum Gasteiger partial charge on any atom is 0.185 e. The lowest BCUT2D eigenvalue weighted by atomic mass is 10.1. The fourth-order valence-electron chi connectivity index (χ4n) is 2.53. The minimum absolute atomic E-state index is 0.0420. The third kappa shape index (κ3) is 4.71. The van der Waals surface area contributed by atoms with Crippen molar-refractivity contribution in [2.45, 2.75) is 6.54 Å². The van der Waals surface area contributed by atoms with Gasteiger partial charge in [0.2, 0.25) is 0 Å². The molecule has 0 aliphatic rings. The molecular weight excluding hydrogens is 460 g/mol. The number of nitrogens with zero attached hydrogens (tertiary/aromatic N) is 2. The molecule has 0 aliphatic carbocycles. The summed E-state index contributed by atoms with van der Waals surface area (Å²) >= 11 is 6.78. The van der Waals surface area contributed by atoms with Crippen molar-refractivity contribution in [2.24, 2.45) is 0 Å². The van der Waals surface area contributed by atoms with Gasteiger partial charge in [-0.15, -0.1) is 0 Å². The molecule has 26 heavy (non-hydrogen) atoms. The van der Waals surface area contributed by atoms with Gasteiger partial charge in [0, 0.05) is 21.8 Å². The minimum atomic E-state index is -0.0420. The van der Waals surface area contributed by atoms with Gasteiger partial charge in [-0.25, -0.2) is 0 Å². The highest BCUT2D eigenvalue weighted by molar-refractivity contribution is 9.10. The topological polar surface area (TPSA) is 44.1 Å². The van der Waals surface area contributed by atoms with E-state index in [1.165, 1.54) is 0 Å². The van der Waals surface area contributed by atoms with Crippen LogP contribution < -0.4 is 4.74 Å². The lowest BCUT2D eigenvalue weighted by Gasteiger charge is -2.09. The van der Waals surface area contributed by atoms with Gasteiger partial charge in [-0.05, 0) is 51.8 Å². The van der Waals surface area contributed by atoms with Gasteiger partial charge in [-0.1, -0.05) is 40.2 Å². The van der Waals surface area contributed by atoms with Gasteiger partial charge >= 0.3 is 0 Å². The Bertz CT molecular complexity index is 964. The predicted molar refractivity (Wildman–Crippen MR) is 110 cm³/mol. The van der Waals surface area contributed by atoms with Crippen LogP contribution in [0.25, 0.3) is 6.08 Å².